The minimum Gasteiger partial charge on any atom is -0.506 e. The third-order valence-electron chi connectivity index (χ3n) is 4.74. The molecule has 1 amide bonds. The van der Waals surface area contributed by atoms with Crippen molar-refractivity contribution in [2.45, 2.75) is 58.2 Å². The van der Waals surface area contributed by atoms with Crippen molar-refractivity contribution in [1.29, 1.82) is 0 Å². The zero-order valence-corrected chi connectivity index (χ0v) is 13.5. The molecule has 2 aliphatic rings. The number of amides is 1. The summed E-state index contributed by atoms with van der Waals surface area (Å²) in [4.78, 5) is 20.7. The van der Waals surface area contributed by atoms with E-state index in [9.17, 15) is 9.90 Å². The maximum Gasteiger partial charge on any atom is 0.219 e. The van der Waals surface area contributed by atoms with Crippen LogP contribution in [0.3, 0.4) is 0 Å². The molecule has 1 aliphatic heterocycles. The van der Waals surface area contributed by atoms with Gasteiger partial charge in [0.2, 0.25) is 5.91 Å². The summed E-state index contributed by atoms with van der Waals surface area (Å²) in [6.45, 7) is 6.10. The molecule has 0 radical (unpaired) electrons. The average Bonchev–Trinajstić information content (AvgIpc) is 3.21. The lowest BCUT2D eigenvalue weighted by Crippen LogP contribution is -2.43. The summed E-state index contributed by atoms with van der Waals surface area (Å²) < 4.78 is 0. The highest BCUT2D eigenvalue weighted by atomic mass is 16.3. The van der Waals surface area contributed by atoms with Crippen LogP contribution < -0.4 is 0 Å². The van der Waals surface area contributed by atoms with Crippen LogP contribution in [-0.4, -0.2) is 51.0 Å². The predicted octanol–water partition coefficient (Wildman–Crippen LogP) is 2.07. The van der Waals surface area contributed by atoms with E-state index in [1.54, 1.807) is 13.0 Å². The van der Waals surface area contributed by atoms with E-state index in [-0.39, 0.29) is 11.7 Å². The molecule has 0 aromatic carbocycles. The van der Waals surface area contributed by atoms with Gasteiger partial charge in [-0.15, -0.1) is 0 Å². The van der Waals surface area contributed by atoms with Crippen LogP contribution in [0.15, 0.2) is 12.1 Å². The predicted molar refractivity (Wildman–Crippen MR) is 84.5 cm³/mol. The van der Waals surface area contributed by atoms with Crippen molar-refractivity contribution in [3.05, 3.63) is 23.5 Å². The summed E-state index contributed by atoms with van der Waals surface area (Å²) in [5.41, 5.74) is 1.67. The molecule has 1 saturated carbocycles. The molecule has 1 aliphatic carbocycles. The second-order valence-electron chi connectivity index (χ2n) is 6.59. The van der Waals surface area contributed by atoms with Gasteiger partial charge in [0.1, 0.15) is 5.75 Å². The second kappa shape index (κ2) is 6.24. The Morgan fingerprint density at radius 2 is 2.18 bits per heavy atom. The van der Waals surface area contributed by atoms with Crippen molar-refractivity contribution in [3.8, 4) is 5.75 Å². The monoisotopic (exact) mass is 303 g/mol. The molecule has 5 heteroatoms. The van der Waals surface area contributed by atoms with Crippen LogP contribution in [0.4, 0.5) is 0 Å². The molecule has 0 spiro atoms. The van der Waals surface area contributed by atoms with Gasteiger partial charge in [-0.05, 0) is 51.3 Å². The minimum atomic E-state index is 0.186. The van der Waals surface area contributed by atoms with Crippen molar-refractivity contribution < 1.29 is 9.90 Å². The van der Waals surface area contributed by atoms with Crippen molar-refractivity contribution in [3.63, 3.8) is 0 Å². The Labute approximate surface area is 131 Å². The van der Waals surface area contributed by atoms with E-state index in [1.165, 1.54) is 0 Å². The molecule has 2 fully saturated rings. The lowest BCUT2D eigenvalue weighted by Gasteiger charge is -2.30. The number of aromatic hydroxyl groups is 1. The molecule has 22 heavy (non-hydrogen) atoms. The number of likely N-dealkylation sites (tertiary alicyclic amines) is 1. The SMILES string of the molecule is CC(=O)N(CC1CCCN1Cc1nc(C)ccc1O)C1CC1. The smallest absolute Gasteiger partial charge is 0.219 e. The summed E-state index contributed by atoms with van der Waals surface area (Å²) in [6, 6.07) is 4.39. The fourth-order valence-electron chi connectivity index (χ4n) is 3.37. The van der Waals surface area contributed by atoms with Gasteiger partial charge in [0.15, 0.2) is 0 Å². The first kappa shape index (κ1) is 15.3. The highest BCUT2D eigenvalue weighted by Gasteiger charge is 2.35. The van der Waals surface area contributed by atoms with E-state index in [4.69, 9.17) is 0 Å². The van der Waals surface area contributed by atoms with Crippen molar-refractivity contribution in [1.82, 2.24) is 14.8 Å². The Bertz CT molecular complexity index is 557. The van der Waals surface area contributed by atoms with E-state index >= 15 is 0 Å². The number of hydrogen-bond acceptors (Lipinski definition) is 4. The first-order valence-electron chi connectivity index (χ1n) is 8.21. The Kier molecular flexibility index (Phi) is 4.34. The Morgan fingerprint density at radius 3 is 2.86 bits per heavy atom. The van der Waals surface area contributed by atoms with Gasteiger partial charge < -0.3 is 10.0 Å². The van der Waals surface area contributed by atoms with Crippen LogP contribution in [-0.2, 0) is 11.3 Å². The van der Waals surface area contributed by atoms with Crippen LogP contribution in [0.25, 0.3) is 0 Å². The molecule has 120 valence electrons. The zero-order valence-electron chi connectivity index (χ0n) is 13.5. The van der Waals surface area contributed by atoms with Gasteiger partial charge in [0.05, 0.1) is 5.69 Å². The molecule has 0 bridgehead atoms. The topological polar surface area (TPSA) is 56.7 Å². The second-order valence-corrected chi connectivity index (χ2v) is 6.59. The fraction of sp³-hybridized carbons (Fsp3) is 0.647. The van der Waals surface area contributed by atoms with Gasteiger partial charge in [-0.2, -0.15) is 0 Å². The van der Waals surface area contributed by atoms with E-state index in [1.807, 2.05) is 17.9 Å². The lowest BCUT2D eigenvalue weighted by molar-refractivity contribution is -0.130. The molecule has 3 rings (SSSR count). The van der Waals surface area contributed by atoms with Gasteiger partial charge >= 0.3 is 0 Å². The zero-order chi connectivity index (χ0) is 15.7. The molecule has 1 aromatic rings. The molecule has 5 nitrogen and oxygen atoms in total. The van der Waals surface area contributed by atoms with Crippen molar-refractivity contribution in [2.24, 2.45) is 0 Å². The fourth-order valence-corrected chi connectivity index (χ4v) is 3.37. The summed E-state index contributed by atoms with van der Waals surface area (Å²) in [5.74, 6) is 0.452. The molecule has 2 heterocycles. The molecular formula is C17H25N3O2. The number of nitrogens with zero attached hydrogens (tertiary/aromatic N) is 3. The Hall–Kier alpha value is -1.62. The largest absolute Gasteiger partial charge is 0.506 e. The maximum absolute atomic E-state index is 11.8. The number of aryl methyl sites for hydroxylation is 1. The van der Waals surface area contributed by atoms with E-state index in [0.29, 0.717) is 18.6 Å². The molecule has 1 unspecified atom stereocenters. The van der Waals surface area contributed by atoms with Crippen LogP contribution in [0.1, 0.15) is 44.0 Å². The molecular weight excluding hydrogens is 278 g/mol. The number of hydrogen-bond donors (Lipinski definition) is 1. The van der Waals surface area contributed by atoms with Crippen LogP contribution in [0.2, 0.25) is 0 Å². The van der Waals surface area contributed by atoms with Crippen LogP contribution in [0.5, 0.6) is 5.75 Å². The van der Waals surface area contributed by atoms with Gasteiger partial charge in [-0.25, -0.2) is 0 Å². The first-order chi connectivity index (χ1) is 10.5. The molecule has 1 atom stereocenters. The first-order valence-corrected chi connectivity index (χ1v) is 8.21. The summed E-state index contributed by atoms with van der Waals surface area (Å²) in [6.07, 6.45) is 4.55. The summed E-state index contributed by atoms with van der Waals surface area (Å²) in [7, 11) is 0. The van der Waals surface area contributed by atoms with Gasteiger partial charge in [0, 0.05) is 37.8 Å². The number of pyridine rings is 1. The molecule has 1 N–H and O–H groups in total. The molecule has 1 aromatic heterocycles. The van der Waals surface area contributed by atoms with Gasteiger partial charge in [-0.3, -0.25) is 14.7 Å². The standard InChI is InChI=1S/C17H25N3O2/c1-12-5-8-17(22)16(18-12)11-19-9-3-4-15(19)10-20(13(2)21)14-6-7-14/h5,8,14-15,22H,3-4,6-7,9-11H2,1-2H3. The van der Waals surface area contributed by atoms with Gasteiger partial charge in [-0.1, -0.05) is 0 Å². The van der Waals surface area contributed by atoms with E-state index < -0.39 is 0 Å². The van der Waals surface area contributed by atoms with Crippen molar-refractivity contribution in [2.75, 3.05) is 13.1 Å². The van der Waals surface area contributed by atoms with Gasteiger partial charge in [0.25, 0.3) is 0 Å². The average molecular weight is 303 g/mol. The normalized spacial score (nSPS) is 22.0. The number of aromatic nitrogens is 1. The summed E-state index contributed by atoms with van der Waals surface area (Å²) >= 11 is 0. The lowest BCUT2D eigenvalue weighted by atomic mass is 10.2. The van der Waals surface area contributed by atoms with Crippen LogP contribution >= 0.6 is 0 Å². The highest BCUT2D eigenvalue weighted by Crippen LogP contribution is 2.30. The third-order valence-corrected chi connectivity index (χ3v) is 4.74. The van der Waals surface area contributed by atoms with E-state index in [2.05, 4.69) is 9.88 Å². The quantitative estimate of drug-likeness (QED) is 0.905. The Balaban J connectivity index is 1.67. The van der Waals surface area contributed by atoms with E-state index in [0.717, 1.165) is 50.2 Å². The number of rotatable bonds is 5. The van der Waals surface area contributed by atoms with Crippen molar-refractivity contribution >= 4 is 5.91 Å². The minimum absolute atomic E-state index is 0.186. The number of carbonyl (C=O) groups is 1. The number of carbonyl (C=O) groups excluding carboxylic acids is 1. The molecule has 1 saturated heterocycles. The maximum atomic E-state index is 11.8. The van der Waals surface area contributed by atoms with Crippen LogP contribution in [0, 0.1) is 6.92 Å². The Morgan fingerprint density at radius 1 is 1.41 bits per heavy atom. The third kappa shape index (κ3) is 3.40. The highest BCUT2D eigenvalue weighted by molar-refractivity contribution is 5.74. The summed E-state index contributed by atoms with van der Waals surface area (Å²) in [5, 5.41) is 10.00.